The third-order valence-electron chi connectivity index (χ3n) is 1.67. The van der Waals surface area contributed by atoms with Crippen LogP contribution < -0.4 is 0 Å². The van der Waals surface area contributed by atoms with Crippen LogP contribution >= 0.6 is 38.5 Å². The first-order chi connectivity index (χ1) is 6.63. The van der Waals surface area contributed by atoms with E-state index in [4.69, 9.17) is 0 Å². The quantitative estimate of drug-likeness (QED) is 0.355. The van der Waals surface area contributed by atoms with E-state index in [0.717, 1.165) is 3.57 Å². The van der Waals surface area contributed by atoms with Crippen molar-refractivity contribution in [2.45, 2.75) is 6.42 Å². The molecule has 0 heterocycles. The molecule has 0 spiro atoms. The second-order valence-electron chi connectivity index (χ2n) is 2.78. The third-order valence-corrected chi connectivity index (χ3v) is 3.02. The molecule has 0 saturated carbocycles. The molecule has 0 amide bonds. The minimum atomic E-state index is -0.120. The standard InChI is InChI=1S/C10H8BrIO2/c11-6-9(13)5-10(14)7-1-3-8(12)4-2-7/h1-4H,5-6H2. The van der Waals surface area contributed by atoms with E-state index in [1.54, 1.807) is 12.1 Å². The van der Waals surface area contributed by atoms with Crippen LogP contribution in [0.25, 0.3) is 0 Å². The molecule has 0 aliphatic rings. The molecule has 0 atom stereocenters. The van der Waals surface area contributed by atoms with Gasteiger partial charge in [-0.1, -0.05) is 28.1 Å². The van der Waals surface area contributed by atoms with Crippen LogP contribution in [-0.4, -0.2) is 16.9 Å². The van der Waals surface area contributed by atoms with E-state index in [0.29, 0.717) is 5.56 Å². The Kier molecular flexibility index (Phi) is 4.74. The lowest BCUT2D eigenvalue weighted by molar-refractivity contribution is -0.115. The second kappa shape index (κ2) is 5.60. The minimum Gasteiger partial charge on any atom is -0.298 e. The van der Waals surface area contributed by atoms with Crippen LogP contribution in [0.15, 0.2) is 24.3 Å². The third kappa shape index (κ3) is 3.49. The molecule has 74 valence electrons. The molecule has 1 rings (SSSR count). The van der Waals surface area contributed by atoms with Gasteiger partial charge in [0.25, 0.3) is 0 Å². The lowest BCUT2D eigenvalue weighted by Gasteiger charge is -1.98. The van der Waals surface area contributed by atoms with Crippen molar-refractivity contribution >= 4 is 50.1 Å². The van der Waals surface area contributed by atoms with Crippen LogP contribution in [-0.2, 0) is 4.79 Å². The van der Waals surface area contributed by atoms with Gasteiger partial charge in [-0.05, 0) is 34.7 Å². The van der Waals surface area contributed by atoms with Crippen LogP contribution in [0.5, 0.6) is 0 Å². The van der Waals surface area contributed by atoms with Gasteiger partial charge in [0.15, 0.2) is 11.6 Å². The van der Waals surface area contributed by atoms with Gasteiger partial charge in [-0.15, -0.1) is 0 Å². The Labute approximate surface area is 104 Å². The van der Waals surface area contributed by atoms with Crippen LogP contribution in [0.1, 0.15) is 16.8 Å². The van der Waals surface area contributed by atoms with Crippen LogP contribution in [0.3, 0.4) is 0 Å². The zero-order chi connectivity index (χ0) is 10.6. The number of rotatable bonds is 4. The predicted octanol–water partition coefficient (Wildman–Crippen LogP) is 2.83. The highest BCUT2D eigenvalue weighted by Crippen LogP contribution is 2.09. The predicted molar refractivity (Wildman–Crippen MR) is 66.9 cm³/mol. The summed E-state index contributed by atoms with van der Waals surface area (Å²) >= 11 is 5.19. The summed E-state index contributed by atoms with van der Waals surface area (Å²) in [7, 11) is 0. The van der Waals surface area contributed by atoms with Crippen molar-refractivity contribution in [2.75, 3.05) is 5.33 Å². The number of Topliss-reactive ketones (excluding diaryl/α,β-unsaturated/α-hetero) is 2. The number of ketones is 2. The minimum absolute atomic E-state index is 0.0220. The van der Waals surface area contributed by atoms with Crippen molar-refractivity contribution in [3.05, 3.63) is 33.4 Å². The molecular formula is C10H8BrIO2. The Balaban J connectivity index is 2.70. The number of alkyl halides is 1. The van der Waals surface area contributed by atoms with Gasteiger partial charge in [0, 0.05) is 9.13 Å². The van der Waals surface area contributed by atoms with Gasteiger partial charge in [0.05, 0.1) is 11.8 Å². The molecule has 0 aliphatic carbocycles. The molecule has 0 saturated heterocycles. The first kappa shape index (κ1) is 11.8. The normalized spacial score (nSPS) is 9.86. The maximum atomic E-state index is 11.5. The topological polar surface area (TPSA) is 34.1 Å². The number of benzene rings is 1. The Morgan fingerprint density at radius 3 is 2.29 bits per heavy atom. The molecule has 1 aromatic rings. The largest absolute Gasteiger partial charge is 0.298 e. The fourth-order valence-corrected chi connectivity index (χ4v) is 1.52. The number of carbonyl (C=O) groups excluding carboxylic acids is 2. The summed E-state index contributed by atoms with van der Waals surface area (Å²) in [5.74, 6) is -0.209. The van der Waals surface area contributed by atoms with Crippen LogP contribution in [0, 0.1) is 3.57 Å². The number of carbonyl (C=O) groups is 2. The molecule has 0 unspecified atom stereocenters. The van der Waals surface area contributed by atoms with E-state index in [1.807, 2.05) is 12.1 Å². The molecule has 0 bridgehead atoms. The molecule has 0 radical (unpaired) electrons. The number of hydrogen-bond donors (Lipinski definition) is 0. The summed E-state index contributed by atoms with van der Waals surface area (Å²) in [4.78, 5) is 22.5. The second-order valence-corrected chi connectivity index (χ2v) is 4.59. The first-order valence-electron chi connectivity index (χ1n) is 4.00. The molecule has 1 aromatic carbocycles. The summed E-state index contributed by atoms with van der Waals surface area (Å²) in [5, 5.41) is 0.239. The fraction of sp³-hybridized carbons (Fsp3) is 0.200. The fourth-order valence-electron chi connectivity index (χ4n) is 0.964. The number of halogens is 2. The molecule has 0 N–H and O–H groups in total. The van der Waals surface area contributed by atoms with Gasteiger partial charge in [0.2, 0.25) is 0 Å². The van der Waals surface area contributed by atoms with Crippen LogP contribution in [0.2, 0.25) is 0 Å². The highest BCUT2D eigenvalue weighted by molar-refractivity contribution is 14.1. The lowest BCUT2D eigenvalue weighted by atomic mass is 10.1. The van der Waals surface area contributed by atoms with E-state index in [9.17, 15) is 9.59 Å². The Hall–Kier alpha value is -0.230. The van der Waals surface area contributed by atoms with Crippen molar-refractivity contribution in [3.63, 3.8) is 0 Å². The maximum absolute atomic E-state index is 11.5. The van der Waals surface area contributed by atoms with Crippen molar-refractivity contribution in [3.8, 4) is 0 Å². The van der Waals surface area contributed by atoms with Crippen molar-refractivity contribution < 1.29 is 9.59 Å². The highest BCUT2D eigenvalue weighted by atomic mass is 127. The Morgan fingerprint density at radius 2 is 1.79 bits per heavy atom. The smallest absolute Gasteiger partial charge is 0.170 e. The van der Waals surface area contributed by atoms with Gasteiger partial charge < -0.3 is 0 Å². The summed E-state index contributed by atoms with van der Waals surface area (Å²) in [6.07, 6.45) is -0.0220. The SMILES string of the molecule is O=C(CBr)CC(=O)c1ccc(I)cc1. The van der Waals surface area contributed by atoms with Gasteiger partial charge in [-0.3, -0.25) is 9.59 Å². The summed E-state index contributed by atoms with van der Waals surface area (Å²) in [5.41, 5.74) is 0.597. The van der Waals surface area contributed by atoms with Gasteiger partial charge in [-0.2, -0.15) is 0 Å². The Bertz CT molecular complexity index is 346. The monoisotopic (exact) mass is 366 g/mol. The summed E-state index contributed by atoms with van der Waals surface area (Å²) < 4.78 is 1.07. The molecule has 14 heavy (non-hydrogen) atoms. The molecular weight excluding hydrogens is 359 g/mol. The van der Waals surface area contributed by atoms with E-state index in [-0.39, 0.29) is 23.3 Å². The molecule has 0 aliphatic heterocycles. The van der Waals surface area contributed by atoms with Gasteiger partial charge in [-0.25, -0.2) is 0 Å². The average Bonchev–Trinajstić information content (AvgIpc) is 2.18. The Morgan fingerprint density at radius 1 is 1.21 bits per heavy atom. The van der Waals surface area contributed by atoms with Crippen molar-refractivity contribution in [1.29, 1.82) is 0 Å². The van der Waals surface area contributed by atoms with Gasteiger partial charge >= 0.3 is 0 Å². The molecule has 2 nitrogen and oxygen atoms in total. The molecule has 0 fully saturated rings. The van der Waals surface area contributed by atoms with E-state index in [2.05, 4.69) is 38.5 Å². The summed E-state index contributed by atoms with van der Waals surface area (Å²) in [6.45, 7) is 0. The van der Waals surface area contributed by atoms with E-state index in [1.165, 1.54) is 0 Å². The van der Waals surface area contributed by atoms with Gasteiger partial charge in [0.1, 0.15) is 0 Å². The molecule has 4 heteroatoms. The lowest BCUT2D eigenvalue weighted by Crippen LogP contribution is -2.08. The van der Waals surface area contributed by atoms with E-state index < -0.39 is 0 Å². The van der Waals surface area contributed by atoms with Crippen molar-refractivity contribution in [1.82, 2.24) is 0 Å². The first-order valence-corrected chi connectivity index (χ1v) is 6.20. The van der Waals surface area contributed by atoms with E-state index >= 15 is 0 Å². The average molecular weight is 367 g/mol. The zero-order valence-corrected chi connectivity index (χ0v) is 11.0. The molecule has 0 aromatic heterocycles. The van der Waals surface area contributed by atoms with Crippen molar-refractivity contribution in [2.24, 2.45) is 0 Å². The summed E-state index contributed by atoms with van der Waals surface area (Å²) in [6, 6.07) is 7.19. The van der Waals surface area contributed by atoms with Crippen LogP contribution in [0.4, 0.5) is 0 Å². The highest BCUT2D eigenvalue weighted by Gasteiger charge is 2.10. The number of hydrogen-bond acceptors (Lipinski definition) is 2. The maximum Gasteiger partial charge on any atom is 0.170 e. The zero-order valence-electron chi connectivity index (χ0n) is 7.30.